The Labute approximate surface area is 127 Å². The summed E-state index contributed by atoms with van der Waals surface area (Å²) in [4.78, 5) is 2.20. The number of hydrogen-bond donors (Lipinski definition) is 1. The number of nitrogens with two attached hydrogens (primary N) is 1. The third-order valence-corrected chi connectivity index (χ3v) is 4.33. The molecule has 0 radical (unpaired) electrons. The van der Waals surface area contributed by atoms with Crippen molar-refractivity contribution < 1.29 is 8.78 Å². The zero-order valence-corrected chi connectivity index (χ0v) is 13.0. The lowest BCUT2D eigenvalue weighted by Gasteiger charge is -2.33. The Kier molecular flexibility index (Phi) is 8.77. The van der Waals surface area contributed by atoms with Gasteiger partial charge < -0.3 is 10.6 Å². The minimum Gasteiger partial charge on any atom is -0.328 e. The molecule has 2 fully saturated rings. The Morgan fingerprint density at radius 3 is 2.05 bits per heavy atom. The second kappa shape index (κ2) is 8.60. The zero-order chi connectivity index (χ0) is 12.3. The van der Waals surface area contributed by atoms with Crippen LogP contribution in [-0.2, 0) is 0 Å². The molecule has 0 aromatic heterocycles. The maximum absolute atomic E-state index is 13.0. The Hall–Kier alpha value is 0.360. The van der Waals surface area contributed by atoms with E-state index in [0.717, 1.165) is 31.7 Å². The van der Waals surface area contributed by atoms with E-state index in [1.54, 1.807) is 0 Å². The average Bonchev–Trinajstić information content (AvgIpc) is 2.30. The van der Waals surface area contributed by atoms with Crippen molar-refractivity contribution in [3.63, 3.8) is 0 Å². The molecular weight excluding hydrogens is 293 g/mol. The third kappa shape index (κ3) is 6.56. The van der Waals surface area contributed by atoms with Gasteiger partial charge in [0.15, 0.2) is 0 Å². The first-order valence-electron chi connectivity index (χ1n) is 6.91. The summed E-state index contributed by atoms with van der Waals surface area (Å²) in [6.45, 7) is 2.13. The van der Waals surface area contributed by atoms with E-state index in [2.05, 4.69) is 4.90 Å². The molecule has 2 aliphatic rings. The molecule has 0 aromatic rings. The van der Waals surface area contributed by atoms with E-state index in [9.17, 15) is 8.78 Å². The van der Waals surface area contributed by atoms with Gasteiger partial charge in [-0.1, -0.05) is 0 Å². The molecule has 1 saturated carbocycles. The van der Waals surface area contributed by atoms with Gasteiger partial charge in [-0.15, -0.1) is 24.8 Å². The van der Waals surface area contributed by atoms with Crippen molar-refractivity contribution in [2.45, 2.75) is 56.9 Å². The molecule has 0 amide bonds. The molecule has 1 heterocycles. The Morgan fingerprint density at radius 2 is 1.53 bits per heavy atom. The fourth-order valence-electron chi connectivity index (χ4n) is 2.95. The molecule has 0 aromatic carbocycles. The van der Waals surface area contributed by atoms with Gasteiger partial charge in [0.2, 0.25) is 0 Å². The van der Waals surface area contributed by atoms with Crippen LogP contribution in [0.25, 0.3) is 0 Å². The van der Waals surface area contributed by atoms with Gasteiger partial charge in [-0.05, 0) is 44.6 Å². The predicted octanol–water partition coefficient (Wildman–Crippen LogP) is 3.47. The molecule has 0 bridgehead atoms. The van der Waals surface area contributed by atoms with Crippen LogP contribution in [0.3, 0.4) is 0 Å². The van der Waals surface area contributed by atoms with Crippen LogP contribution in [0.4, 0.5) is 8.78 Å². The van der Waals surface area contributed by atoms with Gasteiger partial charge in [0.25, 0.3) is 5.92 Å². The highest BCUT2D eigenvalue weighted by atomic mass is 35.5. The number of rotatable bonds is 3. The molecule has 2 N–H and O–H groups in total. The normalized spacial score (nSPS) is 31.1. The molecule has 1 aliphatic heterocycles. The second-order valence-electron chi connectivity index (χ2n) is 5.77. The fraction of sp³-hybridized carbons (Fsp3) is 1.00. The summed E-state index contributed by atoms with van der Waals surface area (Å²) in [5, 5.41) is 0. The van der Waals surface area contributed by atoms with Gasteiger partial charge in [-0.3, -0.25) is 0 Å². The molecule has 116 valence electrons. The van der Waals surface area contributed by atoms with Crippen molar-refractivity contribution in [3.05, 3.63) is 0 Å². The number of alkyl halides is 2. The molecule has 2 rings (SSSR count). The van der Waals surface area contributed by atoms with Gasteiger partial charge in [-0.2, -0.15) is 0 Å². The zero-order valence-electron chi connectivity index (χ0n) is 11.3. The molecule has 0 spiro atoms. The number of hydrogen-bond acceptors (Lipinski definition) is 2. The monoisotopic (exact) mass is 318 g/mol. The molecule has 1 aliphatic carbocycles. The van der Waals surface area contributed by atoms with E-state index in [0.29, 0.717) is 19.1 Å². The van der Waals surface area contributed by atoms with Crippen molar-refractivity contribution in [1.82, 2.24) is 4.90 Å². The Balaban J connectivity index is 0.00000162. The minimum absolute atomic E-state index is 0. The van der Waals surface area contributed by atoms with Crippen LogP contribution >= 0.6 is 24.8 Å². The fourth-order valence-corrected chi connectivity index (χ4v) is 2.95. The number of halogens is 4. The van der Waals surface area contributed by atoms with Crippen LogP contribution in [0.1, 0.15) is 44.9 Å². The van der Waals surface area contributed by atoms with Gasteiger partial charge in [0, 0.05) is 32.0 Å². The summed E-state index contributed by atoms with van der Waals surface area (Å²) < 4.78 is 26.0. The average molecular weight is 319 g/mol. The van der Waals surface area contributed by atoms with Crippen molar-refractivity contribution in [1.29, 1.82) is 0 Å². The lowest BCUT2D eigenvalue weighted by Crippen LogP contribution is -2.40. The van der Waals surface area contributed by atoms with Crippen LogP contribution in [0.2, 0.25) is 0 Å². The topological polar surface area (TPSA) is 29.3 Å². The van der Waals surface area contributed by atoms with Gasteiger partial charge in [0.05, 0.1) is 0 Å². The summed E-state index contributed by atoms with van der Waals surface area (Å²) in [7, 11) is 0. The first kappa shape index (κ1) is 19.4. The summed E-state index contributed by atoms with van der Waals surface area (Å²) in [6, 6.07) is 0.403. The lowest BCUT2D eigenvalue weighted by atomic mass is 9.84. The molecule has 0 unspecified atom stereocenters. The van der Waals surface area contributed by atoms with Crippen LogP contribution in [0.5, 0.6) is 0 Å². The first-order valence-corrected chi connectivity index (χ1v) is 6.91. The van der Waals surface area contributed by atoms with Crippen LogP contribution in [0.15, 0.2) is 0 Å². The Bertz CT molecular complexity index is 237. The van der Waals surface area contributed by atoms with Crippen molar-refractivity contribution >= 4 is 24.8 Å². The van der Waals surface area contributed by atoms with Crippen LogP contribution in [0, 0.1) is 5.92 Å². The molecular formula is C13H26Cl2F2N2. The minimum atomic E-state index is -2.41. The van der Waals surface area contributed by atoms with Crippen molar-refractivity contribution in [2.24, 2.45) is 11.7 Å². The maximum atomic E-state index is 13.0. The maximum Gasteiger partial charge on any atom is 0.250 e. The first-order chi connectivity index (χ1) is 8.05. The van der Waals surface area contributed by atoms with Crippen molar-refractivity contribution in [3.8, 4) is 0 Å². The Morgan fingerprint density at radius 1 is 1.00 bits per heavy atom. The van der Waals surface area contributed by atoms with E-state index in [4.69, 9.17) is 5.73 Å². The molecule has 19 heavy (non-hydrogen) atoms. The molecule has 0 atom stereocenters. The van der Waals surface area contributed by atoms with Crippen LogP contribution in [-0.4, -0.2) is 36.5 Å². The largest absolute Gasteiger partial charge is 0.328 e. The number of piperidine rings is 1. The number of likely N-dealkylation sites (tertiary alicyclic amines) is 1. The van der Waals surface area contributed by atoms with E-state index >= 15 is 0 Å². The standard InChI is InChI=1S/C13H24F2N2.2ClH/c14-13(15)6-9-17(10-7-13)8-5-11-1-3-12(16)4-2-11;;/h11-12H,1-10,16H2;2*1H. The highest BCUT2D eigenvalue weighted by Gasteiger charge is 2.33. The van der Waals surface area contributed by atoms with Gasteiger partial charge in [-0.25, -0.2) is 8.78 Å². The second-order valence-corrected chi connectivity index (χ2v) is 5.77. The smallest absolute Gasteiger partial charge is 0.250 e. The summed E-state index contributed by atoms with van der Waals surface area (Å²) in [6.07, 6.45) is 5.99. The molecule has 6 heteroatoms. The summed E-state index contributed by atoms with van der Waals surface area (Å²) in [5.74, 6) is -1.63. The summed E-state index contributed by atoms with van der Waals surface area (Å²) in [5.41, 5.74) is 5.87. The van der Waals surface area contributed by atoms with E-state index < -0.39 is 5.92 Å². The van der Waals surface area contributed by atoms with Crippen LogP contribution < -0.4 is 5.73 Å². The van der Waals surface area contributed by atoms with Gasteiger partial charge in [0.1, 0.15) is 0 Å². The highest BCUT2D eigenvalue weighted by Crippen LogP contribution is 2.29. The lowest BCUT2D eigenvalue weighted by molar-refractivity contribution is -0.0558. The quantitative estimate of drug-likeness (QED) is 0.863. The molecule has 2 nitrogen and oxygen atoms in total. The molecule has 1 saturated heterocycles. The number of nitrogens with zero attached hydrogens (tertiary/aromatic N) is 1. The summed E-state index contributed by atoms with van der Waals surface area (Å²) >= 11 is 0. The SMILES string of the molecule is Cl.Cl.NC1CCC(CCN2CCC(F)(F)CC2)CC1. The highest BCUT2D eigenvalue weighted by molar-refractivity contribution is 5.85. The third-order valence-electron chi connectivity index (χ3n) is 4.33. The van der Waals surface area contributed by atoms with E-state index in [1.165, 1.54) is 12.8 Å². The van der Waals surface area contributed by atoms with E-state index in [1.807, 2.05) is 0 Å². The van der Waals surface area contributed by atoms with E-state index in [-0.39, 0.29) is 37.7 Å². The van der Waals surface area contributed by atoms with Crippen molar-refractivity contribution in [2.75, 3.05) is 19.6 Å². The predicted molar refractivity (Wildman–Crippen MR) is 79.7 cm³/mol. The van der Waals surface area contributed by atoms with Gasteiger partial charge >= 0.3 is 0 Å².